The van der Waals surface area contributed by atoms with E-state index in [0.717, 1.165) is 48.3 Å². The van der Waals surface area contributed by atoms with E-state index in [4.69, 9.17) is 0 Å². The van der Waals surface area contributed by atoms with Crippen LogP contribution in [0.4, 0.5) is 4.79 Å². The Kier molecular flexibility index (Phi) is 7.44. The summed E-state index contributed by atoms with van der Waals surface area (Å²) in [6, 6.07) is 16.1. The minimum absolute atomic E-state index is 0.0759. The molecule has 172 valence electrons. The number of nitrogens with zero attached hydrogens (tertiary/aromatic N) is 3. The maximum atomic E-state index is 12.4. The standard InChI is InChI=1S/C25H29N5O2S/c1-17-12-13-21(18(2)14-17)30-22(15-19-8-4-3-5-9-19)28-29-25(30)33-16-23(31)27-24(32)26-20-10-6-7-11-20/h3-5,8-9,12-14,20H,6-7,10-11,15-16H2,1-2H3,(H2,26,27,31,32). The number of hydrogen-bond donors (Lipinski definition) is 2. The molecule has 2 aromatic carbocycles. The number of hydrogen-bond acceptors (Lipinski definition) is 5. The topological polar surface area (TPSA) is 88.9 Å². The van der Waals surface area contributed by atoms with E-state index in [1.165, 1.54) is 17.3 Å². The van der Waals surface area contributed by atoms with Crippen molar-refractivity contribution in [3.8, 4) is 5.69 Å². The molecule has 0 unspecified atom stereocenters. The van der Waals surface area contributed by atoms with Crippen LogP contribution in [0, 0.1) is 13.8 Å². The molecule has 0 bridgehead atoms. The first-order valence-corrected chi connectivity index (χ1v) is 12.3. The summed E-state index contributed by atoms with van der Waals surface area (Å²) in [6.45, 7) is 4.12. The molecular weight excluding hydrogens is 434 g/mol. The van der Waals surface area contributed by atoms with E-state index in [1.807, 2.05) is 22.8 Å². The van der Waals surface area contributed by atoms with Gasteiger partial charge in [-0.15, -0.1) is 10.2 Å². The summed E-state index contributed by atoms with van der Waals surface area (Å²) in [7, 11) is 0. The van der Waals surface area contributed by atoms with Crippen molar-refractivity contribution in [1.29, 1.82) is 0 Å². The van der Waals surface area contributed by atoms with Crippen molar-refractivity contribution in [3.63, 3.8) is 0 Å². The largest absolute Gasteiger partial charge is 0.335 e. The van der Waals surface area contributed by atoms with Crippen LogP contribution < -0.4 is 10.6 Å². The predicted octanol–water partition coefficient (Wildman–Crippen LogP) is 4.34. The molecule has 2 N–H and O–H groups in total. The highest BCUT2D eigenvalue weighted by Gasteiger charge is 2.20. The van der Waals surface area contributed by atoms with Crippen molar-refractivity contribution in [2.75, 3.05) is 5.75 Å². The number of carbonyl (C=O) groups is 2. The molecule has 1 aliphatic rings. The van der Waals surface area contributed by atoms with Crippen LogP contribution in [0.1, 0.15) is 48.2 Å². The zero-order chi connectivity index (χ0) is 23.2. The van der Waals surface area contributed by atoms with E-state index in [2.05, 4.69) is 65.0 Å². The van der Waals surface area contributed by atoms with Gasteiger partial charge in [-0.3, -0.25) is 14.7 Å². The first-order chi connectivity index (χ1) is 16.0. The van der Waals surface area contributed by atoms with Crippen LogP contribution in [0.3, 0.4) is 0 Å². The number of urea groups is 1. The molecule has 1 fully saturated rings. The molecule has 1 aliphatic carbocycles. The van der Waals surface area contributed by atoms with Crippen molar-refractivity contribution in [1.82, 2.24) is 25.4 Å². The van der Waals surface area contributed by atoms with Gasteiger partial charge in [-0.2, -0.15) is 0 Å². The van der Waals surface area contributed by atoms with Crippen LogP contribution >= 0.6 is 11.8 Å². The first kappa shape index (κ1) is 23.0. The second kappa shape index (κ2) is 10.7. The van der Waals surface area contributed by atoms with Crippen molar-refractivity contribution < 1.29 is 9.59 Å². The Morgan fingerprint density at radius 2 is 1.82 bits per heavy atom. The predicted molar refractivity (Wildman–Crippen MR) is 130 cm³/mol. The summed E-state index contributed by atoms with van der Waals surface area (Å²) in [6.07, 6.45) is 4.80. The number of thioether (sulfide) groups is 1. The normalized spacial score (nSPS) is 13.8. The molecule has 4 rings (SSSR count). The van der Waals surface area contributed by atoms with Crippen molar-refractivity contribution >= 4 is 23.7 Å². The van der Waals surface area contributed by atoms with Gasteiger partial charge in [0.05, 0.1) is 11.4 Å². The average Bonchev–Trinajstić information content (AvgIpc) is 3.43. The summed E-state index contributed by atoms with van der Waals surface area (Å²) >= 11 is 1.28. The fourth-order valence-corrected chi connectivity index (χ4v) is 4.93. The molecule has 1 aromatic heterocycles. The Hall–Kier alpha value is -3.13. The van der Waals surface area contributed by atoms with Gasteiger partial charge in [0.25, 0.3) is 0 Å². The maximum Gasteiger partial charge on any atom is 0.321 e. The highest BCUT2D eigenvalue weighted by molar-refractivity contribution is 7.99. The molecule has 3 aromatic rings. The Labute approximate surface area is 198 Å². The third-order valence-electron chi connectivity index (χ3n) is 5.77. The zero-order valence-corrected chi connectivity index (χ0v) is 19.8. The maximum absolute atomic E-state index is 12.4. The van der Waals surface area contributed by atoms with Crippen LogP contribution in [0.15, 0.2) is 53.7 Å². The Morgan fingerprint density at radius 1 is 1.06 bits per heavy atom. The molecule has 0 saturated heterocycles. The van der Waals surface area contributed by atoms with E-state index in [1.54, 1.807) is 0 Å². The van der Waals surface area contributed by atoms with Gasteiger partial charge >= 0.3 is 6.03 Å². The van der Waals surface area contributed by atoms with Gasteiger partial charge < -0.3 is 5.32 Å². The summed E-state index contributed by atoms with van der Waals surface area (Å²) in [5.74, 6) is 0.525. The van der Waals surface area contributed by atoms with Crippen molar-refractivity contribution in [3.05, 3.63) is 71.0 Å². The Morgan fingerprint density at radius 3 is 2.55 bits per heavy atom. The molecule has 3 amide bonds. The number of imide groups is 1. The van der Waals surface area contributed by atoms with Gasteiger partial charge in [0.15, 0.2) is 5.16 Å². The molecule has 0 spiro atoms. The van der Waals surface area contributed by atoms with Gasteiger partial charge in [0.1, 0.15) is 5.82 Å². The number of benzene rings is 2. The lowest BCUT2D eigenvalue weighted by molar-refractivity contribution is -0.117. The molecule has 0 radical (unpaired) electrons. The molecule has 1 heterocycles. The van der Waals surface area contributed by atoms with Gasteiger partial charge in [0, 0.05) is 12.5 Å². The lowest BCUT2D eigenvalue weighted by Crippen LogP contribution is -2.44. The van der Waals surface area contributed by atoms with Gasteiger partial charge in [-0.1, -0.05) is 72.6 Å². The van der Waals surface area contributed by atoms with Crippen molar-refractivity contribution in [2.45, 2.75) is 57.1 Å². The minimum atomic E-state index is -0.423. The number of rotatable bonds is 7. The van der Waals surface area contributed by atoms with E-state index >= 15 is 0 Å². The van der Waals surface area contributed by atoms with Gasteiger partial charge in [-0.05, 0) is 43.9 Å². The van der Waals surface area contributed by atoms with Crippen LogP contribution in [-0.2, 0) is 11.2 Å². The Balaban J connectivity index is 1.49. The average molecular weight is 464 g/mol. The monoisotopic (exact) mass is 463 g/mol. The van der Waals surface area contributed by atoms with Gasteiger partial charge in [0.2, 0.25) is 5.91 Å². The molecule has 33 heavy (non-hydrogen) atoms. The third-order valence-corrected chi connectivity index (χ3v) is 6.70. The van der Waals surface area contributed by atoms with Crippen LogP contribution in [-0.4, -0.2) is 38.5 Å². The van der Waals surface area contributed by atoms with E-state index < -0.39 is 6.03 Å². The molecule has 0 atom stereocenters. The molecule has 8 heteroatoms. The fraction of sp³-hybridized carbons (Fsp3) is 0.360. The summed E-state index contributed by atoms with van der Waals surface area (Å²) in [4.78, 5) is 24.5. The van der Waals surface area contributed by atoms with E-state index in [9.17, 15) is 9.59 Å². The number of carbonyl (C=O) groups excluding carboxylic acids is 2. The second-order valence-corrected chi connectivity index (χ2v) is 9.42. The van der Waals surface area contributed by atoms with E-state index in [0.29, 0.717) is 11.6 Å². The zero-order valence-electron chi connectivity index (χ0n) is 19.0. The highest BCUT2D eigenvalue weighted by atomic mass is 32.2. The fourth-order valence-electron chi connectivity index (χ4n) is 4.17. The molecule has 1 saturated carbocycles. The SMILES string of the molecule is Cc1ccc(-n2c(Cc3ccccc3)nnc2SCC(=O)NC(=O)NC2CCCC2)c(C)c1. The lowest BCUT2D eigenvalue weighted by Gasteiger charge is -2.14. The summed E-state index contributed by atoms with van der Waals surface area (Å²) in [5.41, 5.74) is 4.40. The highest BCUT2D eigenvalue weighted by Crippen LogP contribution is 2.26. The second-order valence-electron chi connectivity index (χ2n) is 8.48. The molecule has 7 nitrogen and oxygen atoms in total. The smallest absolute Gasteiger partial charge is 0.321 e. The van der Waals surface area contributed by atoms with E-state index in [-0.39, 0.29) is 17.7 Å². The van der Waals surface area contributed by atoms with Crippen LogP contribution in [0.2, 0.25) is 0 Å². The quantitative estimate of drug-likeness (QED) is 0.509. The number of aromatic nitrogens is 3. The van der Waals surface area contributed by atoms with Crippen molar-refractivity contribution in [2.24, 2.45) is 0 Å². The lowest BCUT2D eigenvalue weighted by atomic mass is 10.1. The Bertz CT molecular complexity index is 1120. The van der Waals surface area contributed by atoms with Crippen LogP contribution in [0.5, 0.6) is 0 Å². The first-order valence-electron chi connectivity index (χ1n) is 11.3. The van der Waals surface area contributed by atoms with Crippen LogP contribution in [0.25, 0.3) is 5.69 Å². The number of amides is 3. The summed E-state index contributed by atoms with van der Waals surface area (Å²) < 4.78 is 2.01. The number of nitrogens with one attached hydrogen (secondary N) is 2. The third kappa shape index (κ3) is 6.01. The molecular formula is C25H29N5O2S. The molecule has 0 aliphatic heterocycles. The minimum Gasteiger partial charge on any atom is -0.335 e. The van der Waals surface area contributed by atoms with Gasteiger partial charge in [-0.25, -0.2) is 4.79 Å². The summed E-state index contributed by atoms with van der Waals surface area (Å²) in [5, 5.41) is 14.8. The number of aryl methyl sites for hydroxylation is 2.